The molecule has 0 saturated carbocycles. The fraction of sp³-hybridized carbons (Fsp3) is 0.133. The zero-order valence-electron chi connectivity index (χ0n) is 11.0. The van der Waals surface area contributed by atoms with Crippen molar-refractivity contribution < 1.29 is 13.9 Å². The predicted molar refractivity (Wildman–Crippen MR) is 79.8 cm³/mol. The number of hydrogen-bond acceptors (Lipinski definition) is 2. The molecule has 20 heavy (non-hydrogen) atoms. The monoisotopic (exact) mass is 337 g/mol. The Morgan fingerprint density at radius 1 is 1.30 bits per heavy atom. The van der Waals surface area contributed by atoms with Crippen LogP contribution in [0.1, 0.15) is 15.9 Å². The number of aryl methyl sites for hydroxylation is 1. The summed E-state index contributed by atoms with van der Waals surface area (Å²) >= 11 is 3.35. The first-order chi connectivity index (χ1) is 9.51. The maximum absolute atomic E-state index is 13.1. The molecule has 2 rings (SSSR count). The number of benzene rings is 2. The van der Waals surface area contributed by atoms with Crippen molar-refractivity contribution in [1.82, 2.24) is 0 Å². The van der Waals surface area contributed by atoms with E-state index in [0.29, 0.717) is 17.0 Å². The first-order valence-electron chi connectivity index (χ1n) is 5.92. The molecular weight excluding hydrogens is 325 g/mol. The molecule has 0 heterocycles. The second-order valence-corrected chi connectivity index (χ2v) is 5.18. The highest BCUT2D eigenvalue weighted by Crippen LogP contribution is 2.28. The van der Waals surface area contributed by atoms with E-state index in [9.17, 15) is 9.18 Å². The molecule has 0 unspecified atom stereocenters. The molecule has 0 saturated heterocycles. The molecule has 0 spiro atoms. The van der Waals surface area contributed by atoms with E-state index in [2.05, 4.69) is 21.2 Å². The fourth-order valence-corrected chi connectivity index (χ4v) is 2.51. The highest BCUT2D eigenvalue weighted by molar-refractivity contribution is 9.10. The van der Waals surface area contributed by atoms with Crippen LogP contribution in [0.4, 0.5) is 10.1 Å². The maximum atomic E-state index is 13.1. The molecule has 0 aliphatic rings. The van der Waals surface area contributed by atoms with Crippen LogP contribution in [-0.4, -0.2) is 13.0 Å². The Labute approximate surface area is 124 Å². The Balaban J connectivity index is 2.34. The maximum Gasteiger partial charge on any atom is 0.259 e. The van der Waals surface area contributed by atoms with Crippen molar-refractivity contribution in [2.24, 2.45) is 0 Å². The topological polar surface area (TPSA) is 38.3 Å². The van der Waals surface area contributed by atoms with Crippen molar-refractivity contribution in [3.63, 3.8) is 0 Å². The van der Waals surface area contributed by atoms with Crippen LogP contribution in [0.5, 0.6) is 5.75 Å². The molecular formula is C15H13BrFNO2. The van der Waals surface area contributed by atoms with Crippen LogP contribution in [0, 0.1) is 12.7 Å². The smallest absolute Gasteiger partial charge is 0.259 e. The van der Waals surface area contributed by atoms with Crippen LogP contribution in [0.3, 0.4) is 0 Å². The van der Waals surface area contributed by atoms with E-state index in [1.54, 1.807) is 12.1 Å². The predicted octanol–water partition coefficient (Wildman–Crippen LogP) is 4.16. The summed E-state index contributed by atoms with van der Waals surface area (Å²) < 4.78 is 19.1. The van der Waals surface area contributed by atoms with Gasteiger partial charge in [0.05, 0.1) is 12.7 Å². The molecule has 0 atom stereocenters. The van der Waals surface area contributed by atoms with Gasteiger partial charge in [0, 0.05) is 10.2 Å². The Hall–Kier alpha value is -1.88. The summed E-state index contributed by atoms with van der Waals surface area (Å²) in [5.41, 5.74) is 1.63. The van der Waals surface area contributed by atoms with Gasteiger partial charge in [-0.25, -0.2) is 4.39 Å². The fourth-order valence-electron chi connectivity index (χ4n) is 1.93. The third kappa shape index (κ3) is 3.17. The summed E-state index contributed by atoms with van der Waals surface area (Å²) in [4.78, 5) is 12.3. The number of halogens is 2. The van der Waals surface area contributed by atoms with Crippen molar-refractivity contribution in [3.05, 3.63) is 57.8 Å². The quantitative estimate of drug-likeness (QED) is 0.913. The molecule has 0 bridgehead atoms. The summed E-state index contributed by atoms with van der Waals surface area (Å²) in [5, 5.41) is 2.65. The lowest BCUT2D eigenvalue weighted by Crippen LogP contribution is -2.14. The highest BCUT2D eigenvalue weighted by atomic mass is 79.9. The molecule has 2 aromatic carbocycles. The molecule has 0 aliphatic heterocycles. The lowest BCUT2D eigenvalue weighted by Gasteiger charge is -2.12. The lowest BCUT2D eigenvalue weighted by atomic mass is 10.1. The minimum absolute atomic E-state index is 0.350. The van der Waals surface area contributed by atoms with Crippen LogP contribution in [0.15, 0.2) is 40.9 Å². The van der Waals surface area contributed by atoms with Gasteiger partial charge in [-0.2, -0.15) is 0 Å². The Morgan fingerprint density at radius 2 is 2.05 bits per heavy atom. The second kappa shape index (κ2) is 6.05. The number of ether oxygens (including phenoxy) is 1. The van der Waals surface area contributed by atoms with Crippen LogP contribution in [0.25, 0.3) is 0 Å². The number of nitrogens with one attached hydrogen (secondary N) is 1. The third-order valence-electron chi connectivity index (χ3n) is 2.77. The molecule has 0 aromatic heterocycles. The van der Waals surface area contributed by atoms with Crippen molar-refractivity contribution in [1.29, 1.82) is 0 Å². The van der Waals surface area contributed by atoms with Gasteiger partial charge in [0.15, 0.2) is 0 Å². The van der Waals surface area contributed by atoms with Crippen LogP contribution >= 0.6 is 15.9 Å². The van der Waals surface area contributed by atoms with Gasteiger partial charge in [-0.1, -0.05) is 22.0 Å². The molecule has 2 aromatic rings. The average molecular weight is 338 g/mol. The molecule has 0 radical (unpaired) electrons. The largest absolute Gasteiger partial charge is 0.496 e. The van der Waals surface area contributed by atoms with Gasteiger partial charge in [0.25, 0.3) is 5.91 Å². The first-order valence-corrected chi connectivity index (χ1v) is 6.71. The lowest BCUT2D eigenvalue weighted by molar-refractivity contribution is 0.102. The summed E-state index contributed by atoms with van der Waals surface area (Å²) in [5.74, 6) is -0.251. The van der Waals surface area contributed by atoms with E-state index in [1.807, 2.05) is 13.0 Å². The Morgan fingerprint density at radius 3 is 2.70 bits per heavy atom. The van der Waals surface area contributed by atoms with Gasteiger partial charge >= 0.3 is 0 Å². The highest BCUT2D eigenvalue weighted by Gasteiger charge is 2.15. The van der Waals surface area contributed by atoms with Crippen molar-refractivity contribution in [3.8, 4) is 5.75 Å². The van der Waals surface area contributed by atoms with Gasteiger partial charge in [0.1, 0.15) is 11.6 Å². The second-order valence-electron chi connectivity index (χ2n) is 4.27. The molecule has 0 fully saturated rings. The molecule has 104 valence electrons. The number of rotatable bonds is 3. The standard InChI is InChI=1S/C15H13BrFNO2/c1-9-6-10(16)7-13(14(9)20-2)15(19)18-12-5-3-4-11(17)8-12/h3-8H,1-2H3,(H,18,19). The Kier molecular flexibility index (Phi) is 4.39. The minimum atomic E-state index is -0.403. The summed E-state index contributed by atoms with van der Waals surface area (Å²) in [6.45, 7) is 1.85. The zero-order chi connectivity index (χ0) is 14.7. The SMILES string of the molecule is COc1c(C)cc(Br)cc1C(=O)Nc1cccc(F)c1. The van der Waals surface area contributed by atoms with Crippen LogP contribution < -0.4 is 10.1 Å². The van der Waals surface area contributed by atoms with E-state index >= 15 is 0 Å². The van der Waals surface area contributed by atoms with Gasteiger partial charge in [-0.05, 0) is 42.8 Å². The number of methoxy groups -OCH3 is 1. The number of anilines is 1. The number of carbonyl (C=O) groups is 1. The molecule has 0 aliphatic carbocycles. The molecule has 5 heteroatoms. The molecule has 1 N–H and O–H groups in total. The van der Waals surface area contributed by atoms with Gasteiger partial charge in [0.2, 0.25) is 0 Å². The van der Waals surface area contributed by atoms with E-state index in [0.717, 1.165) is 10.0 Å². The van der Waals surface area contributed by atoms with Crippen LogP contribution in [-0.2, 0) is 0 Å². The number of carbonyl (C=O) groups excluding carboxylic acids is 1. The minimum Gasteiger partial charge on any atom is -0.496 e. The first kappa shape index (κ1) is 14.5. The number of hydrogen-bond donors (Lipinski definition) is 1. The van der Waals surface area contributed by atoms with Crippen molar-refractivity contribution >= 4 is 27.5 Å². The zero-order valence-corrected chi connectivity index (χ0v) is 12.6. The van der Waals surface area contributed by atoms with E-state index in [1.165, 1.54) is 25.3 Å². The van der Waals surface area contributed by atoms with Crippen molar-refractivity contribution in [2.45, 2.75) is 6.92 Å². The van der Waals surface area contributed by atoms with E-state index in [-0.39, 0.29) is 5.91 Å². The summed E-state index contributed by atoms with van der Waals surface area (Å²) in [7, 11) is 1.51. The van der Waals surface area contributed by atoms with Gasteiger partial charge < -0.3 is 10.1 Å². The average Bonchev–Trinajstić information content (AvgIpc) is 2.37. The Bertz CT molecular complexity index is 658. The van der Waals surface area contributed by atoms with Gasteiger partial charge in [-0.3, -0.25) is 4.79 Å². The van der Waals surface area contributed by atoms with E-state index in [4.69, 9.17) is 4.74 Å². The summed E-state index contributed by atoms with van der Waals surface area (Å²) in [6, 6.07) is 9.26. The third-order valence-corrected chi connectivity index (χ3v) is 3.23. The normalized spacial score (nSPS) is 10.2. The summed E-state index contributed by atoms with van der Waals surface area (Å²) in [6.07, 6.45) is 0. The molecule has 3 nitrogen and oxygen atoms in total. The van der Waals surface area contributed by atoms with Crippen molar-refractivity contribution in [2.75, 3.05) is 12.4 Å². The van der Waals surface area contributed by atoms with Gasteiger partial charge in [-0.15, -0.1) is 0 Å². The van der Waals surface area contributed by atoms with Crippen LogP contribution in [0.2, 0.25) is 0 Å². The van der Waals surface area contributed by atoms with E-state index < -0.39 is 5.82 Å². The number of amides is 1. The molecule has 1 amide bonds.